The zero-order valence-corrected chi connectivity index (χ0v) is 16.4. The number of hydrogen-bond acceptors (Lipinski definition) is 4. The van der Waals surface area contributed by atoms with Gasteiger partial charge in [-0.2, -0.15) is 0 Å². The summed E-state index contributed by atoms with van der Waals surface area (Å²) in [4.78, 5) is 28.4. The molecule has 3 aromatic rings. The van der Waals surface area contributed by atoms with Crippen molar-refractivity contribution in [1.82, 2.24) is 10.3 Å². The Hall–Kier alpha value is -2.41. The van der Waals surface area contributed by atoms with E-state index in [9.17, 15) is 9.59 Å². The van der Waals surface area contributed by atoms with Crippen LogP contribution in [0.3, 0.4) is 0 Å². The van der Waals surface area contributed by atoms with E-state index in [0.29, 0.717) is 20.7 Å². The van der Waals surface area contributed by atoms with Gasteiger partial charge in [0.25, 0.3) is 0 Å². The fraction of sp³-hybridized carbons (Fsp3) is 0.105. The monoisotopic (exact) mass is 419 g/mol. The lowest BCUT2D eigenvalue weighted by Gasteiger charge is -2.06. The smallest absolute Gasteiger partial charge is 0.245 e. The molecule has 138 valence electrons. The van der Waals surface area contributed by atoms with Gasteiger partial charge < -0.3 is 10.6 Å². The second-order valence-corrected chi connectivity index (χ2v) is 7.34. The molecule has 0 bridgehead atoms. The predicted molar refractivity (Wildman–Crippen MR) is 109 cm³/mol. The second kappa shape index (κ2) is 8.99. The summed E-state index contributed by atoms with van der Waals surface area (Å²) in [6, 6.07) is 14.4. The van der Waals surface area contributed by atoms with Gasteiger partial charge in [0.05, 0.1) is 18.7 Å². The third kappa shape index (κ3) is 5.53. The van der Waals surface area contributed by atoms with Crippen LogP contribution in [0.25, 0.3) is 11.3 Å². The maximum atomic E-state index is 12.0. The van der Waals surface area contributed by atoms with Crippen LogP contribution in [-0.4, -0.2) is 23.3 Å². The number of carbonyl (C=O) groups excluding carboxylic acids is 2. The largest absolute Gasteiger partial charge is 0.347 e. The van der Waals surface area contributed by atoms with Gasteiger partial charge in [-0.1, -0.05) is 53.5 Å². The van der Waals surface area contributed by atoms with Crippen LogP contribution in [0, 0.1) is 0 Å². The average molecular weight is 420 g/mol. The van der Waals surface area contributed by atoms with Crippen molar-refractivity contribution in [2.24, 2.45) is 0 Å². The van der Waals surface area contributed by atoms with Crippen LogP contribution in [0.1, 0.15) is 5.56 Å². The highest BCUT2D eigenvalue weighted by Gasteiger charge is 2.11. The topological polar surface area (TPSA) is 71.1 Å². The van der Waals surface area contributed by atoms with Crippen molar-refractivity contribution in [2.75, 3.05) is 11.9 Å². The SMILES string of the molecule is O=C(Cc1ccccc1Cl)NCC(=O)Nc1nc(-c2ccc(Cl)cc2)cs1. The van der Waals surface area contributed by atoms with Crippen LogP contribution in [0.2, 0.25) is 10.0 Å². The molecule has 0 radical (unpaired) electrons. The minimum Gasteiger partial charge on any atom is -0.347 e. The summed E-state index contributed by atoms with van der Waals surface area (Å²) in [5.74, 6) is -0.626. The number of carbonyl (C=O) groups is 2. The fourth-order valence-corrected chi connectivity index (χ4v) is 3.37. The minimum atomic E-state index is -0.348. The van der Waals surface area contributed by atoms with Crippen molar-refractivity contribution in [3.63, 3.8) is 0 Å². The standard InChI is InChI=1S/C19H15Cl2N3O2S/c20-14-7-5-12(6-8-14)16-11-27-19(23-16)24-18(26)10-22-17(25)9-13-3-1-2-4-15(13)21/h1-8,11H,9-10H2,(H,22,25)(H,23,24,26). The number of nitrogens with zero attached hydrogens (tertiary/aromatic N) is 1. The number of hydrogen-bond donors (Lipinski definition) is 2. The molecule has 1 aromatic heterocycles. The Balaban J connectivity index is 1.50. The molecule has 0 spiro atoms. The first-order chi connectivity index (χ1) is 13.0. The van der Waals surface area contributed by atoms with Crippen molar-refractivity contribution in [3.8, 4) is 11.3 Å². The molecule has 0 atom stereocenters. The molecule has 2 aromatic carbocycles. The van der Waals surface area contributed by atoms with Crippen LogP contribution in [0.4, 0.5) is 5.13 Å². The summed E-state index contributed by atoms with van der Waals surface area (Å²) in [5, 5.41) is 8.73. The first-order valence-electron chi connectivity index (χ1n) is 8.02. The Labute approximate surface area is 170 Å². The number of anilines is 1. The highest BCUT2D eigenvalue weighted by Crippen LogP contribution is 2.25. The summed E-state index contributed by atoms with van der Waals surface area (Å²) in [6.45, 7) is -0.140. The molecule has 0 aliphatic heterocycles. The second-order valence-electron chi connectivity index (χ2n) is 5.64. The van der Waals surface area contributed by atoms with Gasteiger partial charge in [0.2, 0.25) is 11.8 Å². The molecule has 2 amide bonds. The molecule has 0 fully saturated rings. The van der Waals surface area contributed by atoms with Gasteiger partial charge in [-0.3, -0.25) is 9.59 Å². The number of thiazole rings is 1. The van der Waals surface area contributed by atoms with E-state index in [-0.39, 0.29) is 24.8 Å². The van der Waals surface area contributed by atoms with Crippen LogP contribution in [0.15, 0.2) is 53.9 Å². The van der Waals surface area contributed by atoms with Crippen LogP contribution in [0.5, 0.6) is 0 Å². The maximum absolute atomic E-state index is 12.0. The van der Waals surface area contributed by atoms with Gasteiger partial charge in [-0.25, -0.2) is 4.98 Å². The van der Waals surface area contributed by atoms with Gasteiger partial charge in [-0.15, -0.1) is 11.3 Å². The maximum Gasteiger partial charge on any atom is 0.245 e. The van der Waals surface area contributed by atoms with Crippen molar-refractivity contribution in [1.29, 1.82) is 0 Å². The van der Waals surface area contributed by atoms with Crippen LogP contribution >= 0.6 is 34.5 Å². The minimum absolute atomic E-state index is 0.116. The first kappa shape index (κ1) is 19.4. The normalized spacial score (nSPS) is 10.4. The number of amides is 2. The van der Waals surface area contributed by atoms with Crippen molar-refractivity contribution >= 4 is 51.5 Å². The van der Waals surface area contributed by atoms with Crippen LogP contribution in [-0.2, 0) is 16.0 Å². The molecule has 0 saturated heterocycles. The third-order valence-corrected chi connectivity index (χ3v) is 5.02. The van der Waals surface area contributed by atoms with E-state index in [2.05, 4.69) is 15.6 Å². The molecular formula is C19H15Cl2N3O2S. The van der Waals surface area contributed by atoms with Gasteiger partial charge in [0, 0.05) is 21.0 Å². The lowest BCUT2D eigenvalue weighted by Crippen LogP contribution is -2.33. The molecule has 3 rings (SSSR count). The summed E-state index contributed by atoms with van der Waals surface area (Å²) in [7, 11) is 0. The summed E-state index contributed by atoms with van der Waals surface area (Å²) >= 11 is 13.2. The Morgan fingerprint density at radius 2 is 1.74 bits per heavy atom. The highest BCUT2D eigenvalue weighted by molar-refractivity contribution is 7.14. The Bertz CT molecular complexity index is 958. The molecule has 1 heterocycles. The third-order valence-electron chi connectivity index (χ3n) is 3.65. The Morgan fingerprint density at radius 3 is 2.48 bits per heavy atom. The van der Waals surface area contributed by atoms with Crippen molar-refractivity contribution in [2.45, 2.75) is 6.42 Å². The zero-order valence-electron chi connectivity index (χ0n) is 14.0. The lowest BCUT2D eigenvalue weighted by atomic mass is 10.1. The molecule has 0 unspecified atom stereocenters. The van der Waals surface area contributed by atoms with E-state index < -0.39 is 0 Å². The molecule has 8 heteroatoms. The van der Waals surface area contributed by atoms with Gasteiger partial charge in [-0.05, 0) is 23.8 Å². The number of benzene rings is 2. The van der Waals surface area contributed by atoms with Crippen LogP contribution < -0.4 is 10.6 Å². The van der Waals surface area contributed by atoms with E-state index in [0.717, 1.165) is 11.3 Å². The number of rotatable bonds is 6. The average Bonchev–Trinajstić information content (AvgIpc) is 3.11. The Morgan fingerprint density at radius 1 is 1.00 bits per heavy atom. The molecule has 0 aliphatic rings. The van der Waals surface area contributed by atoms with E-state index in [1.54, 1.807) is 30.3 Å². The van der Waals surface area contributed by atoms with Gasteiger partial charge in [0.1, 0.15) is 0 Å². The number of halogens is 2. The molecule has 2 N–H and O–H groups in total. The lowest BCUT2D eigenvalue weighted by molar-refractivity contribution is -0.123. The van der Waals surface area contributed by atoms with Gasteiger partial charge in [0.15, 0.2) is 5.13 Å². The van der Waals surface area contributed by atoms with Gasteiger partial charge >= 0.3 is 0 Å². The van der Waals surface area contributed by atoms with E-state index >= 15 is 0 Å². The quantitative estimate of drug-likeness (QED) is 0.621. The summed E-state index contributed by atoms with van der Waals surface area (Å²) in [5.41, 5.74) is 2.36. The van der Waals surface area contributed by atoms with E-state index in [4.69, 9.17) is 23.2 Å². The van der Waals surface area contributed by atoms with E-state index in [1.165, 1.54) is 11.3 Å². The first-order valence-corrected chi connectivity index (χ1v) is 9.66. The summed E-state index contributed by atoms with van der Waals surface area (Å²) in [6.07, 6.45) is 0.116. The molecule has 5 nitrogen and oxygen atoms in total. The van der Waals surface area contributed by atoms with Crippen molar-refractivity contribution in [3.05, 3.63) is 69.5 Å². The molecule has 0 saturated carbocycles. The molecular weight excluding hydrogens is 405 g/mol. The zero-order chi connectivity index (χ0) is 19.2. The predicted octanol–water partition coefficient (Wildman–Crippen LogP) is 4.41. The number of aromatic nitrogens is 1. The highest BCUT2D eigenvalue weighted by atomic mass is 35.5. The Kier molecular flexibility index (Phi) is 6.45. The molecule has 0 aliphatic carbocycles. The van der Waals surface area contributed by atoms with E-state index in [1.807, 2.05) is 23.6 Å². The summed E-state index contributed by atoms with van der Waals surface area (Å²) < 4.78 is 0. The van der Waals surface area contributed by atoms with Crippen molar-refractivity contribution < 1.29 is 9.59 Å². The fourth-order valence-electron chi connectivity index (χ4n) is 2.30. The number of nitrogens with one attached hydrogen (secondary N) is 2. The molecule has 27 heavy (non-hydrogen) atoms.